The van der Waals surface area contributed by atoms with Crippen molar-refractivity contribution in [1.29, 1.82) is 0 Å². The zero-order chi connectivity index (χ0) is 44.1. The molecule has 1 unspecified atom stereocenters. The third-order valence-electron chi connectivity index (χ3n) is 11.7. The van der Waals surface area contributed by atoms with Gasteiger partial charge in [-0.15, -0.1) is 0 Å². The molecule has 0 aliphatic carbocycles. The topological polar surface area (TPSA) is 50.5 Å². The van der Waals surface area contributed by atoms with Crippen molar-refractivity contribution in [3.05, 3.63) is 248 Å². The summed E-state index contributed by atoms with van der Waals surface area (Å²) in [4.78, 5) is 8.64. The summed E-state index contributed by atoms with van der Waals surface area (Å²) in [6.07, 6.45) is 17.2. The molecule has 0 saturated heterocycles. The van der Waals surface area contributed by atoms with E-state index in [1.54, 1.807) is 12.4 Å². The Morgan fingerprint density at radius 3 is 1.52 bits per heavy atom. The average molecular weight is 829 g/mol. The number of allylic oxidation sites excluding steroid dienone is 5. The van der Waals surface area contributed by atoms with Gasteiger partial charge in [-0.1, -0.05) is 177 Å². The van der Waals surface area contributed by atoms with Crippen LogP contribution in [-0.4, -0.2) is 21.4 Å². The molecule has 0 fully saturated rings. The van der Waals surface area contributed by atoms with E-state index in [4.69, 9.17) is 10.2 Å². The lowest BCUT2D eigenvalue weighted by molar-refractivity contribution is 0.660. The van der Waals surface area contributed by atoms with E-state index in [0.29, 0.717) is 0 Å². The molecule has 312 valence electrons. The molecular formula is C60H52N4. The largest absolute Gasteiger partial charge is 0.264 e. The molecule has 6 aromatic carbocycles. The molecule has 0 radical (unpaired) electrons. The molecule has 1 atom stereocenters. The number of hydrogen-bond donors (Lipinski definition) is 0. The molecule has 0 amide bonds. The molecule has 2 aromatic heterocycles. The van der Waals surface area contributed by atoms with Gasteiger partial charge in [-0.25, -0.2) is 0 Å². The van der Waals surface area contributed by atoms with Crippen molar-refractivity contribution < 1.29 is 0 Å². The minimum atomic E-state index is 0.133. The highest BCUT2D eigenvalue weighted by Crippen LogP contribution is 2.30. The second-order valence-corrected chi connectivity index (χ2v) is 15.9. The molecule has 64 heavy (non-hydrogen) atoms. The molecule has 4 heteroatoms. The third-order valence-corrected chi connectivity index (χ3v) is 11.7. The summed E-state index contributed by atoms with van der Waals surface area (Å²) in [5, 5.41) is 10.1. The van der Waals surface area contributed by atoms with Crippen LogP contribution in [0.1, 0.15) is 49.4 Å². The van der Waals surface area contributed by atoms with E-state index in [1.165, 1.54) is 27.8 Å². The summed E-state index contributed by atoms with van der Waals surface area (Å²) < 4.78 is 0. The van der Waals surface area contributed by atoms with Gasteiger partial charge in [0.1, 0.15) is 0 Å². The molecule has 0 aliphatic heterocycles. The lowest BCUT2D eigenvalue weighted by Gasteiger charge is -2.18. The van der Waals surface area contributed by atoms with Crippen molar-refractivity contribution >= 4 is 17.0 Å². The summed E-state index contributed by atoms with van der Waals surface area (Å²) >= 11 is 0. The molecular weight excluding hydrogens is 777 g/mol. The SMILES string of the molecule is C=CC=CC(=CC)c1cccc(-c2ccc(CC(CC)C(=NN=C(C)c3ccc(-c4cccc(-c5cccnc5)c4)cc3)c3ccc(-c4cccc(-c5cccnc5)c4)cc3)cc2)c1. The first-order valence-electron chi connectivity index (χ1n) is 22.0. The maximum Gasteiger partial charge on any atom is 0.0736 e. The van der Waals surface area contributed by atoms with Gasteiger partial charge in [0.2, 0.25) is 0 Å². The van der Waals surface area contributed by atoms with Crippen LogP contribution in [0.15, 0.2) is 236 Å². The minimum Gasteiger partial charge on any atom is -0.264 e. The zero-order valence-electron chi connectivity index (χ0n) is 36.8. The highest BCUT2D eigenvalue weighted by molar-refractivity contribution is 6.04. The van der Waals surface area contributed by atoms with Crippen molar-refractivity contribution in [3.63, 3.8) is 0 Å². The van der Waals surface area contributed by atoms with Crippen molar-refractivity contribution in [2.45, 2.75) is 33.6 Å². The number of rotatable bonds is 15. The van der Waals surface area contributed by atoms with Gasteiger partial charge in [-0.3, -0.25) is 9.97 Å². The fourth-order valence-electron chi connectivity index (χ4n) is 8.08. The highest BCUT2D eigenvalue weighted by Gasteiger charge is 2.19. The van der Waals surface area contributed by atoms with Gasteiger partial charge in [0.05, 0.1) is 11.4 Å². The Bertz CT molecular complexity index is 2940. The first-order valence-corrected chi connectivity index (χ1v) is 22.0. The zero-order valence-corrected chi connectivity index (χ0v) is 36.8. The van der Waals surface area contributed by atoms with Crippen LogP contribution in [0.4, 0.5) is 0 Å². The standard InChI is InChI=1S/C60H52N4/c1-5-8-14-45(6-2)52-15-9-16-53(38-52)48-25-23-44(24-26-48)37-46(7-3)60(51-33-31-50(32-34-51)55-18-11-20-57(40-55)59-22-13-36-62-42-59)64-63-43(4)47-27-29-49(30-28-47)54-17-10-19-56(39-54)58-21-12-35-61-41-58/h5-6,8-36,38-42,46H,1,7,37H2,2-4H3. The summed E-state index contributed by atoms with van der Waals surface area (Å²) in [7, 11) is 0. The number of pyridine rings is 2. The highest BCUT2D eigenvalue weighted by atomic mass is 15.2. The second-order valence-electron chi connectivity index (χ2n) is 15.9. The van der Waals surface area contributed by atoms with Gasteiger partial charge in [0.15, 0.2) is 0 Å². The summed E-state index contributed by atoms with van der Waals surface area (Å²) in [6, 6.07) is 60.5. The van der Waals surface area contributed by atoms with Crippen molar-refractivity contribution in [1.82, 2.24) is 9.97 Å². The van der Waals surface area contributed by atoms with Crippen LogP contribution >= 0.6 is 0 Å². The molecule has 0 N–H and O–H groups in total. The molecule has 2 heterocycles. The van der Waals surface area contributed by atoms with E-state index >= 15 is 0 Å². The Balaban J connectivity index is 1.08. The van der Waals surface area contributed by atoms with E-state index in [-0.39, 0.29) is 5.92 Å². The Morgan fingerprint density at radius 2 is 1.02 bits per heavy atom. The normalized spacial score (nSPS) is 12.6. The summed E-state index contributed by atoms with van der Waals surface area (Å²) in [5.41, 5.74) is 19.0. The molecule has 4 nitrogen and oxygen atoms in total. The molecule has 8 rings (SSSR count). The molecule has 0 aliphatic rings. The van der Waals surface area contributed by atoms with Crippen LogP contribution in [0.5, 0.6) is 0 Å². The molecule has 0 spiro atoms. The van der Waals surface area contributed by atoms with Gasteiger partial charge in [-0.05, 0) is 129 Å². The van der Waals surface area contributed by atoms with Gasteiger partial charge < -0.3 is 0 Å². The van der Waals surface area contributed by atoms with Gasteiger partial charge >= 0.3 is 0 Å². The Morgan fingerprint density at radius 1 is 0.531 bits per heavy atom. The summed E-state index contributed by atoms with van der Waals surface area (Å²) in [6.45, 7) is 10.2. The van der Waals surface area contributed by atoms with Crippen LogP contribution in [0.3, 0.4) is 0 Å². The number of nitrogens with zero attached hydrogens (tertiary/aromatic N) is 4. The predicted molar refractivity (Wildman–Crippen MR) is 271 cm³/mol. The predicted octanol–water partition coefficient (Wildman–Crippen LogP) is 15.4. The first-order chi connectivity index (χ1) is 31.5. The monoisotopic (exact) mass is 828 g/mol. The summed E-state index contributed by atoms with van der Waals surface area (Å²) in [5.74, 6) is 0.133. The fraction of sp³-hybridized carbons (Fsp3) is 0.100. The van der Waals surface area contributed by atoms with Crippen LogP contribution in [-0.2, 0) is 6.42 Å². The van der Waals surface area contributed by atoms with Crippen LogP contribution in [0.25, 0.3) is 61.2 Å². The van der Waals surface area contributed by atoms with Crippen molar-refractivity contribution in [3.8, 4) is 55.6 Å². The lowest BCUT2D eigenvalue weighted by Crippen LogP contribution is -2.18. The van der Waals surface area contributed by atoms with E-state index in [0.717, 1.165) is 79.9 Å². The third kappa shape index (κ3) is 10.4. The Kier molecular flexibility index (Phi) is 13.9. The Hall–Kier alpha value is -7.82. The maximum absolute atomic E-state index is 5.11. The van der Waals surface area contributed by atoms with Crippen molar-refractivity contribution in [2.75, 3.05) is 0 Å². The first kappa shape index (κ1) is 42.9. The average Bonchev–Trinajstić information content (AvgIpc) is 3.37. The van der Waals surface area contributed by atoms with Crippen molar-refractivity contribution in [2.24, 2.45) is 16.1 Å². The van der Waals surface area contributed by atoms with Gasteiger partial charge in [0, 0.05) is 41.8 Å². The van der Waals surface area contributed by atoms with Crippen LogP contribution < -0.4 is 0 Å². The fourth-order valence-corrected chi connectivity index (χ4v) is 8.08. The molecule has 8 aromatic rings. The molecule has 0 bridgehead atoms. The van der Waals surface area contributed by atoms with E-state index in [1.807, 2.05) is 43.6 Å². The number of aromatic nitrogens is 2. The van der Waals surface area contributed by atoms with E-state index in [2.05, 4.69) is 200 Å². The second kappa shape index (κ2) is 20.8. The minimum absolute atomic E-state index is 0.133. The van der Waals surface area contributed by atoms with E-state index in [9.17, 15) is 0 Å². The number of hydrogen-bond acceptors (Lipinski definition) is 4. The van der Waals surface area contributed by atoms with Gasteiger partial charge in [0.25, 0.3) is 0 Å². The van der Waals surface area contributed by atoms with Gasteiger partial charge in [-0.2, -0.15) is 10.2 Å². The van der Waals surface area contributed by atoms with E-state index < -0.39 is 0 Å². The van der Waals surface area contributed by atoms with Crippen LogP contribution in [0, 0.1) is 5.92 Å². The Labute approximate surface area is 378 Å². The molecule has 0 saturated carbocycles. The maximum atomic E-state index is 5.11. The van der Waals surface area contributed by atoms with Crippen LogP contribution in [0.2, 0.25) is 0 Å². The smallest absolute Gasteiger partial charge is 0.0736 e. The number of benzene rings is 6. The quantitative estimate of drug-likeness (QED) is 0.0587. The lowest BCUT2D eigenvalue weighted by atomic mass is 9.87.